The van der Waals surface area contributed by atoms with Crippen LogP contribution in [0.3, 0.4) is 0 Å². The van der Waals surface area contributed by atoms with Crippen molar-refractivity contribution in [2.75, 3.05) is 13.4 Å². The number of hydrogen-bond donors (Lipinski definition) is 0. The summed E-state index contributed by atoms with van der Waals surface area (Å²) in [4.78, 5) is 0. The molecule has 1 aromatic carbocycles. The summed E-state index contributed by atoms with van der Waals surface area (Å²) < 4.78 is 10.3. The van der Waals surface area contributed by atoms with Crippen molar-refractivity contribution >= 4 is 0 Å². The Kier molecular flexibility index (Phi) is 4.91. The minimum absolute atomic E-state index is 0.320. The monoisotopic (exact) mass is 178 g/mol. The molecule has 1 rings (SSSR count). The molecule has 0 spiro atoms. The topological polar surface area (TPSA) is 18.5 Å². The van der Waals surface area contributed by atoms with Gasteiger partial charge in [0.1, 0.15) is 6.79 Å². The molecule has 13 heavy (non-hydrogen) atoms. The van der Waals surface area contributed by atoms with Gasteiger partial charge in [-0.15, -0.1) is 6.58 Å². The Morgan fingerprint density at radius 2 is 1.92 bits per heavy atom. The molecule has 0 aliphatic heterocycles. The van der Waals surface area contributed by atoms with Crippen molar-refractivity contribution in [2.24, 2.45) is 0 Å². The summed E-state index contributed by atoms with van der Waals surface area (Å²) in [5.41, 5.74) is 1.16. The lowest BCUT2D eigenvalue weighted by molar-refractivity contribution is -0.0519. The fraction of sp³-hybridized carbons (Fsp3) is 0.273. The molecule has 0 heterocycles. The van der Waals surface area contributed by atoms with Crippen molar-refractivity contribution in [3.63, 3.8) is 0 Å². The largest absolute Gasteiger partial charge is 0.351 e. The Balaban J connectivity index is 2.10. The van der Waals surface area contributed by atoms with E-state index in [4.69, 9.17) is 9.47 Å². The first-order chi connectivity index (χ1) is 6.43. The third-order valence-electron chi connectivity index (χ3n) is 1.51. The normalized spacial score (nSPS) is 9.85. The Labute approximate surface area is 78.8 Å². The third-order valence-corrected chi connectivity index (χ3v) is 1.51. The van der Waals surface area contributed by atoms with Crippen molar-refractivity contribution in [1.82, 2.24) is 0 Å². The van der Waals surface area contributed by atoms with Gasteiger partial charge in [0.25, 0.3) is 0 Å². The molecule has 0 unspecified atom stereocenters. The van der Waals surface area contributed by atoms with Gasteiger partial charge in [0.05, 0.1) is 13.2 Å². The minimum Gasteiger partial charge on any atom is -0.351 e. The second-order valence-electron chi connectivity index (χ2n) is 2.61. The van der Waals surface area contributed by atoms with Crippen LogP contribution in [0.4, 0.5) is 0 Å². The molecule has 0 saturated carbocycles. The molecular formula is C11H14O2. The van der Waals surface area contributed by atoms with Crippen LogP contribution >= 0.6 is 0 Å². The first-order valence-corrected chi connectivity index (χ1v) is 4.24. The molecule has 0 N–H and O–H groups in total. The lowest BCUT2D eigenvalue weighted by atomic mass is 10.2. The molecular weight excluding hydrogens is 164 g/mol. The summed E-state index contributed by atoms with van der Waals surface area (Å²) in [6.45, 7) is 4.99. The molecule has 2 heteroatoms. The first kappa shape index (κ1) is 9.96. The Morgan fingerprint density at radius 1 is 1.15 bits per heavy atom. The van der Waals surface area contributed by atoms with Gasteiger partial charge in [-0.2, -0.15) is 0 Å². The summed E-state index contributed by atoms with van der Waals surface area (Å²) in [6.07, 6.45) is 1.70. The van der Waals surface area contributed by atoms with E-state index in [9.17, 15) is 0 Å². The van der Waals surface area contributed by atoms with E-state index >= 15 is 0 Å². The quantitative estimate of drug-likeness (QED) is 0.378. The highest BCUT2D eigenvalue weighted by atomic mass is 16.7. The smallest absolute Gasteiger partial charge is 0.147 e. The lowest BCUT2D eigenvalue weighted by Crippen LogP contribution is -1.99. The van der Waals surface area contributed by atoms with Gasteiger partial charge in [-0.25, -0.2) is 0 Å². The van der Waals surface area contributed by atoms with Gasteiger partial charge < -0.3 is 9.47 Å². The second kappa shape index (κ2) is 6.40. The van der Waals surface area contributed by atoms with Crippen molar-refractivity contribution < 1.29 is 9.47 Å². The van der Waals surface area contributed by atoms with Gasteiger partial charge in [-0.05, 0) is 5.56 Å². The number of rotatable bonds is 6. The molecule has 70 valence electrons. The number of hydrogen-bond acceptors (Lipinski definition) is 2. The van der Waals surface area contributed by atoms with Gasteiger partial charge >= 0.3 is 0 Å². The van der Waals surface area contributed by atoms with E-state index in [-0.39, 0.29) is 0 Å². The second-order valence-corrected chi connectivity index (χ2v) is 2.61. The standard InChI is InChI=1S/C11H14O2/c1-2-8-12-10-13-9-11-6-4-3-5-7-11/h2-7H,1,8-10H2. The molecule has 0 fully saturated rings. The van der Waals surface area contributed by atoms with Crippen molar-refractivity contribution in [3.8, 4) is 0 Å². The molecule has 0 bridgehead atoms. The molecule has 1 aromatic rings. The van der Waals surface area contributed by atoms with Crippen LogP contribution in [-0.2, 0) is 16.1 Å². The molecule has 0 radical (unpaired) electrons. The molecule has 0 aliphatic rings. The third kappa shape index (κ3) is 4.45. The lowest BCUT2D eigenvalue weighted by Gasteiger charge is -2.03. The van der Waals surface area contributed by atoms with Crippen LogP contribution < -0.4 is 0 Å². The Hall–Kier alpha value is -1.12. The van der Waals surface area contributed by atoms with E-state index in [1.165, 1.54) is 0 Å². The van der Waals surface area contributed by atoms with Gasteiger partial charge in [0, 0.05) is 0 Å². The molecule has 2 nitrogen and oxygen atoms in total. The molecule has 0 amide bonds. The Bertz CT molecular complexity index is 231. The van der Waals surface area contributed by atoms with Crippen LogP contribution in [0, 0.1) is 0 Å². The molecule has 0 aliphatic carbocycles. The zero-order valence-electron chi connectivity index (χ0n) is 7.61. The maximum atomic E-state index is 5.25. The maximum Gasteiger partial charge on any atom is 0.147 e. The van der Waals surface area contributed by atoms with Gasteiger partial charge in [0.15, 0.2) is 0 Å². The van der Waals surface area contributed by atoms with Crippen molar-refractivity contribution in [2.45, 2.75) is 6.61 Å². The van der Waals surface area contributed by atoms with Gasteiger partial charge in [-0.3, -0.25) is 0 Å². The average molecular weight is 178 g/mol. The summed E-state index contributed by atoms with van der Waals surface area (Å²) in [6, 6.07) is 10.0. The summed E-state index contributed by atoms with van der Waals surface area (Å²) in [5, 5.41) is 0. The number of benzene rings is 1. The first-order valence-electron chi connectivity index (χ1n) is 4.24. The predicted octanol–water partition coefficient (Wildman–Crippen LogP) is 2.36. The summed E-state index contributed by atoms with van der Waals surface area (Å²) >= 11 is 0. The predicted molar refractivity (Wildman–Crippen MR) is 52.2 cm³/mol. The van der Waals surface area contributed by atoms with E-state index in [2.05, 4.69) is 6.58 Å². The van der Waals surface area contributed by atoms with Gasteiger partial charge in [-0.1, -0.05) is 36.4 Å². The minimum atomic E-state index is 0.320. The fourth-order valence-corrected chi connectivity index (χ4v) is 0.924. The zero-order valence-corrected chi connectivity index (χ0v) is 7.61. The van der Waals surface area contributed by atoms with E-state index in [1.54, 1.807) is 6.08 Å². The van der Waals surface area contributed by atoms with E-state index in [0.29, 0.717) is 20.0 Å². The number of ether oxygens (including phenoxy) is 2. The SMILES string of the molecule is C=CCOCOCc1ccccc1. The van der Waals surface area contributed by atoms with E-state index in [0.717, 1.165) is 5.56 Å². The van der Waals surface area contributed by atoms with Crippen LogP contribution in [0.15, 0.2) is 43.0 Å². The summed E-state index contributed by atoms with van der Waals surface area (Å²) in [7, 11) is 0. The highest BCUT2D eigenvalue weighted by Gasteiger charge is 1.90. The van der Waals surface area contributed by atoms with E-state index < -0.39 is 0 Å². The van der Waals surface area contributed by atoms with Crippen LogP contribution in [0.1, 0.15) is 5.56 Å². The molecule has 0 aromatic heterocycles. The van der Waals surface area contributed by atoms with Crippen LogP contribution in [0.5, 0.6) is 0 Å². The highest BCUT2D eigenvalue weighted by Crippen LogP contribution is 1.99. The highest BCUT2D eigenvalue weighted by molar-refractivity contribution is 5.13. The van der Waals surface area contributed by atoms with Crippen LogP contribution in [-0.4, -0.2) is 13.4 Å². The van der Waals surface area contributed by atoms with Crippen molar-refractivity contribution in [3.05, 3.63) is 48.6 Å². The van der Waals surface area contributed by atoms with E-state index in [1.807, 2.05) is 30.3 Å². The molecule has 0 saturated heterocycles. The zero-order chi connectivity index (χ0) is 9.36. The fourth-order valence-electron chi connectivity index (χ4n) is 0.924. The summed E-state index contributed by atoms with van der Waals surface area (Å²) in [5.74, 6) is 0. The van der Waals surface area contributed by atoms with Crippen LogP contribution in [0.2, 0.25) is 0 Å². The van der Waals surface area contributed by atoms with Crippen LogP contribution in [0.25, 0.3) is 0 Å². The molecule has 0 atom stereocenters. The Morgan fingerprint density at radius 3 is 2.62 bits per heavy atom. The van der Waals surface area contributed by atoms with Gasteiger partial charge in [0.2, 0.25) is 0 Å². The maximum absolute atomic E-state index is 5.25. The average Bonchev–Trinajstić information content (AvgIpc) is 2.19. The van der Waals surface area contributed by atoms with Crippen molar-refractivity contribution in [1.29, 1.82) is 0 Å².